The van der Waals surface area contributed by atoms with Crippen molar-refractivity contribution in [2.24, 2.45) is 0 Å². The molecule has 0 aliphatic rings. The molecule has 0 radical (unpaired) electrons. The molecule has 0 atom stereocenters. The highest BCUT2D eigenvalue weighted by Crippen LogP contribution is 2.35. The molecular weight excluding hydrogens is 306 g/mol. The Hall–Kier alpha value is -1.91. The fourth-order valence-electron chi connectivity index (χ4n) is 1.89. The first-order valence-electron chi connectivity index (χ1n) is 6.27. The van der Waals surface area contributed by atoms with E-state index in [-0.39, 0.29) is 16.2 Å². The van der Waals surface area contributed by atoms with Crippen LogP contribution in [-0.2, 0) is 5.41 Å². The van der Waals surface area contributed by atoms with E-state index >= 15 is 0 Å². The van der Waals surface area contributed by atoms with Crippen molar-refractivity contribution in [2.45, 2.75) is 33.1 Å². The third-order valence-electron chi connectivity index (χ3n) is 2.97. The molecule has 2 aromatic rings. The molecule has 2 heterocycles. The molecule has 0 aromatic carbocycles. The maximum Gasteiger partial charge on any atom is 0.305 e. The van der Waals surface area contributed by atoms with E-state index in [9.17, 15) is 14.9 Å². The molecule has 0 unspecified atom stereocenters. The number of amides is 1. The lowest BCUT2D eigenvalue weighted by molar-refractivity contribution is 0.103. The maximum absolute atomic E-state index is 12.2. The first-order valence-corrected chi connectivity index (χ1v) is 7.96. The van der Waals surface area contributed by atoms with E-state index in [1.54, 1.807) is 6.92 Å². The molecule has 21 heavy (non-hydrogen) atoms. The first kappa shape index (κ1) is 15.5. The van der Waals surface area contributed by atoms with Gasteiger partial charge in [-0.25, -0.2) is 0 Å². The summed E-state index contributed by atoms with van der Waals surface area (Å²) < 4.78 is 0. The van der Waals surface area contributed by atoms with Gasteiger partial charge in [-0.05, 0) is 23.3 Å². The highest BCUT2D eigenvalue weighted by molar-refractivity contribution is 7.15. The van der Waals surface area contributed by atoms with Crippen LogP contribution >= 0.6 is 22.7 Å². The van der Waals surface area contributed by atoms with Crippen LogP contribution in [0.3, 0.4) is 0 Å². The number of thiazole rings is 1. The van der Waals surface area contributed by atoms with Crippen LogP contribution in [0.15, 0.2) is 10.2 Å². The number of hydrogen-bond acceptors (Lipinski definition) is 5. The van der Waals surface area contributed by atoms with Crippen molar-refractivity contribution >= 4 is 33.6 Å². The Morgan fingerprint density at radius 2 is 2.10 bits per heavy atom. The minimum Gasteiger partial charge on any atom is -0.316 e. The van der Waals surface area contributed by atoms with Crippen molar-refractivity contribution in [3.63, 3.8) is 0 Å². The number of aromatic nitrogens is 1. The fraction of sp³-hybridized carbons (Fsp3) is 0.357. The number of hydrogen-bond donors (Lipinski definition) is 2. The predicted molar refractivity (Wildman–Crippen MR) is 85.4 cm³/mol. The van der Waals surface area contributed by atoms with E-state index in [0.717, 1.165) is 16.9 Å². The summed E-state index contributed by atoms with van der Waals surface area (Å²) in [4.78, 5) is 26.1. The second-order valence-corrected chi connectivity index (χ2v) is 7.50. The summed E-state index contributed by atoms with van der Waals surface area (Å²) in [6.07, 6.45) is 0. The second kappa shape index (κ2) is 5.47. The Balaban J connectivity index is 2.35. The molecule has 2 rings (SSSR count). The smallest absolute Gasteiger partial charge is 0.305 e. The van der Waals surface area contributed by atoms with Crippen LogP contribution in [0.1, 0.15) is 47.3 Å². The Morgan fingerprint density at radius 3 is 2.57 bits per heavy atom. The zero-order chi connectivity index (χ0) is 15.8. The number of thiophene rings is 1. The zero-order valence-electron chi connectivity index (χ0n) is 12.2. The minimum atomic E-state index is -0.366. The number of carbonyl (C=O) groups excluding carboxylic acids is 1. The van der Waals surface area contributed by atoms with Crippen molar-refractivity contribution in [1.29, 1.82) is 5.26 Å². The Morgan fingerprint density at radius 1 is 1.43 bits per heavy atom. The monoisotopic (exact) mass is 321 g/mol. The fourth-order valence-corrected chi connectivity index (χ4v) is 3.76. The molecule has 7 heteroatoms. The van der Waals surface area contributed by atoms with Crippen LogP contribution in [0.25, 0.3) is 0 Å². The predicted octanol–water partition coefficient (Wildman–Crippen LogP) is 3.23. The van der Waals surface area contributed by atoms with Crippen molar-refractivity contribution in [3.8, 4) is 6.07 Å². The van der Waals surface area contributed by atoms with Gasteiger partial charge in [0.25, 0.3) is 5.91 Å². The van der Waals surface area contributed by atoms with Crippen molar-refractivity contribution in [3.05, 3.63) is 36.7 Å². The quantitative estimate of drug-likeness (QED) is 0.890. The van der Waals surface area contributed by atoms with E-state index < -0.39 is 0 Å². The normalized spacial score (nSPS) is 11.2. The zero-order valence-corrected chi connectivity index (χ0v) is 13.8. The number of rotatable bonds is 2. The van der Waals surface area contributed by atoms with Gasteiger partial charge >= 0.3 is 4.87 Å². The summed E-state index contributed by atoms with van der Waals surface area (Å²) in [5.74, 6) is -0.366. The van der Waals surface area contributed by atoms with Gasteiger partial charge in [-0.2, -0.15) is 5.26 Å². The number of nitrogens with one attached hydrogen (secondary N) is 2. The molecule has 0 saturated carbocycles. The molecule has 0 spiro atoms. The largest absolute Gasteiger partial charge is 0.316 e. The summed E-state index contributed by atoms with van der Waals surface area (Å²) in [5.41, 5.74) is 1.76. The molecule has 110 valence electrons. The Labute approximate surface area is 130 Å². The summed E-state index contributed by atoms with van der Waals surface area (Å²) in [7, 11) is 0. The average Bonchev–Trinajstić information content (AvgIpc) is 2.91. The van der Waals surface area contributed by atoms with E-state index in [4.69, 9.17) is 0 Å². The molecule has 2 N–H and O–H groups in total. The SMILES string of the molecule is Cc1[nH]c(=O)sc1C(=O)Nc1scc(C(C)(C)C)c1C#N. The van der Waals surface area contributed by atoms with Crippen LogP contribution in [0.5, 0.6) is 0 Å². The molecule has 0 aliphatic heterocycles. The number of nitriles is 1. The van der Waals surface area contributed by atoms with E-state index in [0.29, 0.717) is 21.1 Å². The molecular formula is C14H15N3O2S2. The molecule has 0 aliphatic carbocycles. The lowest BCUT2D eigenvalue weighted by atomic mass is 9.86. The standard InChI is InChI=1S/C14H15N3O2S2/c1-7-10(21-13(19)16-7)11(18)17-12-8(5-15)9(6-20-12)14(2,3)4/h6H,1-4H3,(H,16,19)(H,17,18). The van der Waals surface area contributed by atoms with Crippen molar-refractivity contribution in [1.82, 2.24) is 4.98 Å². The lowest BCUT2D eigenvalue weighted by Crippen LogP contribution is -2.14. The third kappa shape index (κ3) is 3.06. The molecule has 2 aromatic heterocycles. The number of aromatic amines is 1. The average molecular weight is 321 g/mol. The van der Waals surface area contributed by atoms with Gasteiger partial charge in [0.15, 0.2) is 0 Å². The van der Waals surface area contributed by atoms with Gasteiger partial charge in [-0.1, -0.05) is 32.1 Å². The van der Waals surface area contributed by atoms with Crippen LogP contribution < -0.4 is 10.2 Å². The van der Waals surface area contributed by atoms with E-state index in [1.165, 1.54) is 11.3 Å². The Kier molecular flexibility index (Phi) is 4.03. The van der Waals surface area contributed by atoms with Gasteiger partial charge in [0.1, 0.15) is 15.9 Å². The molecule has 5 nitrogen and oxygen atoms in total. The van der Waals surface area contributed by atoms with Gasteiger partial charge in [-0.3, -0.25) is 9.59 Å². The van der Waals surface area contributed by atoms with Gasteiger partial charge in [0.2, 0.25) is 0 Å². The maximum atomic E-state index is 12.2. The van der Waals surface area contributed by atoms with Crippen LogP contribution in [0, 0.1) is 18.3 Å². The minimum absolute atomic E-state index is 0.167. The van der Waals surface area contributed by atoms with Gasteiger partial charge in [-0.15, -0.1) is 11.3 Å². The van der Waals surface area contributed by atoms with Crippen LogP contribution in [-0.4, -0.2) is 10.9 Å². The number of aryl methyl sites for hydroxylation is 1. The van der Waals surface area contributed by atoms with Crippen LogP contribution in [0.4, 0.5) is 5.00 Å². The molecule has 0 bridgehead atoms. The third-order valence-corrected chi connectivity index (χ3v) is 4.85. The molecule has 0 fully saturated rings. The highest BCUT2D eigenvalue weighted by Gasteiger charge is 2.24. The van der Waals surface area contributed by atoms with Crippen LogP contribution in [0.2, 0.25) is 0 Å². The van der Waals surface area contributed by atoms with Gasteiger partial charge < -0.3 is 10.3 Å². The lowest BCUT2D eigenvalue weighted by Gasteiger charge is -2.17. The highest BCUT2D eigenvalue weighted by atomic mass is 32.1. The van der Waals surface area contributed by atoms with Gasteiger partial charge in [0.05, 0.1) is 5.56 Å². The second-order valence-electron chi connectivity index (χ2n) is 5.64. The topological polar surface area (TPSA) is 85.8 Å². The first-order chi connectivity index (χ1) is 9.74. The number of carbonyl (C=O) groups is 1. The van der Waals surface area contributed by atoms with Gasteiger partial charge in [0, 0.05) is 5.69 Å². The summed E-state index contributed by atoms with van der Waals surface area (Å²) in [6.45, 7) is 7.73. The van der Waals surface area contributed by atoms with E-state index in [2.05, 4.69) is 16.4 Å². The Bertz CT molecular complexity index is 784. The molecule has 0 saturated heterocycles. The summed E-state index contributed by atoms with van der Waals surface area (Å²) in [6, 6.07) is 2.16. The number of H-pyrrole nitrogens is 1. The van der Waals surface area contributed by atoms with Crippen molar-refractivity contribution in [2.75, 3.05) is 5.32 Å². The van der Waals surface area contributed by atoms with Crippen molar-refractivity contribution < 1.29 is 4.79 Å². The summed E-state index contributed by atoms with van der Waals surface area (Å²) in [5, 5.41) is 14.5. The number of anilines is 1. The van der Waals surface area contributed by atoms with E-state index in [1.807, 2.05) is 26.2 Å². The summed E-state index contributed by atoms with van der Waals surface area (Å²) >= 11 is 2.19. The number of nitrogens with zero attached hydrogens (tertiary/aromatic N) is 1. The molecule has 1 amide bonds.